The summed E-state index contributed by atoms with van der Waals surface area (Å²) in [6.07, 6.45) is 1.14. The van der Waals surface area contributed by atoms with Gasteiger partial charge in [0.25, 0.3) is 0 Å². The van der Waals surface area contributed by atoms with Crippen molar-refractivity contribution in [3.05, 3.63) is 35.4 Å². The third kappa shape index (κ3) is 4.14. The van der Waals surface area contributed by atoms with Crippen LogP contribution in [0.15, 0.2) is 24.3 Å². The number of hydrogen-bond donors (Lipinski definition) is 0. The zero-order valence-corrected chi connectivity index (χ0v) is 9.36. The molecule has 0 radical (unpaired) electrons. The molecule has 80 valence electrons. The summed E-state index contributed by atoms with van der Waals surface area (Å²) in [5.74, 6) is 0.601. The molecule has 2 heteroatoms. The average molecular weight is 203 g/mol. The fraction of sp³-hybridized carbons (Fsp3) is 0.462. The first kappa shape index (κ1) is 11.7. The first-order chi connectivity index (χ1) is 7.26. The minimum Gasteiger partial charge on any atom is -0.376 e. The number of rotatable bonds is 5. The lowest BCUT2D eigenvalue weighted by Crippen LogP contribution is -2.04. The van der Waals surface area contributed by atoms with Crippen molar-refractivity contribution < 1.29 is 4.74 Å². The van der Waals surface area contributed by atoms with Crippen molar-refractivity contribution in [1.82, 2.24) is 0 Å². The third-order valence-electron chi connectivity index (χ3n) is 2.42. The second-order valence-electron chi connectivity index (χ2n) is 3.84. The van der Waals surface area contributed by atoms with Gasteiger partial charge in [-0.3, -0.25) is 0 Å². The monoisotopic (exact) mass is 203 g/mol. The molecule has 2 nitrogen and oxygen atoms in total. The Balaban J connectivity index is 2.41. The molecule has 1 unspecified atom stereocenters. The molecule has 0 amide bonds. The highest BCUT2D eigenvalue weighted by atomic mass is 16.5. The lowest BCUT2D eigenvalue weighted by Gasteiger charge is -2.09. The molecule has 0 N–H and O–H groups in total. The lowest BCUT2D eigenvalue weighted by atomic mass is 10.1. The van der Waals surface area contributed by atoms with Gasteiger partial charge in [0.15, 0.2) is 0 Å². The van der Waals surface area contributed by atoms with Crippen molar-refractivity contribution in [3.8, 4) is 6.07 Å². The zero-order valence-electron chi connectivity index (χ0n) is 9.36. The molecule has 1 aromatic rings. The highest BCUT2D eigenvalue weighted by molar-refractivity contribution is 5.32. The summed E-state index contributed by atoms with van der Waals surface area (Å²) in [6.45, 7) is 5.71. The van der Waals surface area contributed by atoms with Crippen LogP contribution in [-0.4, -0.2) is 6.61 Å². The number of ether oxygens (including phenoxy) is 1. The maximum Gasteiger partial charge on any atom is 0.0991 e. The number of benzene rings is 1. The normalized spacial score (nSPS) is 12.1. The van der Waals surface area contributed by atoms with Crippen LogP contribution >= 0.6 is 0 Å². The molecule has 0 spiro atoms. The summed E-state index contributed by atoms with van der Waals surface area (Å²) < 4.78 is 5.56. The standard InChI is InChI=1S/C13H17NO/c1-3-11(2)9-15-10-13-6-4-5-12(7-13)8-14/h4-7,11H,3,9-10H2,1-2H3. The van der Waals surface area contributed by atoms with Crippen molar-refractivity contribution in [2.75, 3.05) is 6.61 Å². The molecule has 0 bridgehead atoms. The van der Waals surface area contributed by atoms with Gasteiger partial charge in [-0.1, -0.05) is 32.4 Å². The van der Waals surface area contributed by atoms with Gasteiger partial charge in [-0.2, -0.15) is 5.26 Å². The predicted molar refractivity (Wildman–Crippen MR) is 60.3 cm³/mol. The van der Waals surface area contributed by atoms with E-state index in [1.54, 1.807) is 6.07 Å². The zero-order chi connectivity index (χ0) is 11.1. The third-order valence-corrected chi connectivity index (χ3v) is 2.42. The van der Waals surface area contributed by atoms with Crippen molar-refractivity contribution >= 4 is 0 Å². The summed E-state index contributed by atoms with van der Waals surface area (Å²) in [4.78, 5) is 0. The van der Waals surface area contributed by atoms with Crippen LogP contribution in [0.4, 0.5) is 0 Å². The van der Waals surface area contributed by atoms with Crippen molar-refractivity contribution in [1.29, 1.82) is 5.26 Å². The molecular weight excluding hydrogens is 186 g/mol. The molecule has 0 heterocycles. The molecule has 0 aliphatic rings. The summed E-state index contributed by atoms with van der Waals surface area (Å²) in [7, 11) is 0. The van der Waals surface area contributed by atoms with Gasteiger partial charge in [0.2, 0.25) is 0 Å². The molecule has 0 aliphatic carbocycles. The number of hydrogen-bond acceptors (Lipinski definition) is 2. The molecule has 1 aromatic carbocycles. The van der Waals surface area contributed by atoms with E-state index in [4.69, 9.17) is 10.00 Å². The molecule has 0 aromatic heterocycles. The Hall–Kier alpha value is -1.33. The van der Waals surface area contributed by atoms with Crippen LogP contribution in [0.25, 0.3) is 0 Å². The quantitative estimate of drug-likeness (QED) is 0.736. The van der Waals surface area contributed by atoms with E-state index in [0.29, 0.717) is 18.1 Å². The minimum atomic E-state index is 0.597. The van der Waals surface area contributed by atoms with Crippen LogP contribution in [0.2, 0.25) is 0 Å². The number of nitriles is 1. The van der Waals surface area contributed by atoms with Gasteiger partial charge in [-0.15, -0.1) is 0 Å². The molecule has 0 fully saturated rings. The fourth-order valence-electron chi connectivity index (χ4n) is 1.23. The second kappa shape index (κ2) is 6.21. The predicted octanol–water partition coefficient (Wildman–Crippen LogP) is 3.12. The first-order valence-electron chi connectivity index (χ1n) is 5.33. The molecule has 1 rings (SSSR count). The molecular formula is C13H17NO. The van der Waals surface area contributed by atoms with Crippen LogP contribution in [0, 0.1) is 17.2 Å². The van der Waals surface area contributed by atoms with E-state index in [1.807, 2.05) is 18.2 Å². The Morgan fingerprint density at radius 3 is 2.93 bits per heavy atom. The van der Waals surface area contributed by atoms with Crippen LogP contribution < -0.4 is 0 Å². The SMILES string of the molecule is CCC(C)COCc1cccc(C#N)c1. The Bertz CT molecular complexity index is 341. The number of nitrogens with zero attached hydrogens (tertiary/aromatic N) is 1. The van der Waals surface area contributed by atoms with Gasteiger partial charge in [0.1, 0.15) is 0 Å². The van der Waals surface area contributed by atoms with E-state index in [1.165, 1.54) is 0 Å². The van der Waals surface area contributed by atoms with Gasteiger partial charge < -0.3 is 4.74 Å². The van der Waals surface area contributed by atoms with E-state index < -0.39 is 0 Å². The maximum atomic E-state index is 8.72. The molecule has 15 heavy (non-hydrogen) atoms. The fourth-order valence-corrected chi connectivity index (χ4v) is 1.23. The van der Waals surface area contributed by atoms with Crippen LogP contribution in [-0.2, 0) is 11.3 Å². The Morgan fingerprint density at radius 1 is 1.47 bits per heavy atom. The van der Waals surface area contributed by atoms with E-state index in [2.05, 4.69) is 19.9 Å². The largest absolute Gasteiger partial charge is 0.376 e. The Labute approximate surface area is 91.5 Å². The van der Waals surface area contributed by atoms with Crippen LogP contribution in [0.3, 0.4) is 0 Å². The smallest absolute Gasteiger partial charge is 0.0991 e. The van der Waals surface area contributed by atoms with Gasteiger partial charge in [-0.25, -0.2) is 0 Å². The van der Waals surface area contributed by atoms with Crippen molar-refractivity contribution in [2.24, 2.45) is 5.92 Å². The minimum absolute atomic E-state index is 0.597. The molecule has 1 atom stereocenters. The van der Waals surface area contributed by atoms with E-state index in [0.717, 1.165) is 18.6 Å². The second-order valence-corrected chi connectivity index (χ2v) is 3.84. The van der Waals surface area contributed by atoms with Crippen molar-refractivity contribution in [3.63, 3.8) is 0 Å². The van der Waals surface area contributed by atoms with Gasteiger partial charge >= 0.3 is 0 Å². The van der Waals surface area contributed by atoms with Crippen LogP contribution in [0.5, 0.6) is 0 Å². The summed E-state index contributed by atoms with van der Waals surface area (Å²) in [5, 5.41) is 8.72. The Kier molecular flexibility index (Phi) is 4.86. The molecule has 0 saturated carbocycles. The van der Waals surface area contributed by atoms with Crippen LogP contribution in [0.1, 0.15) is 31.4 Å². The highest BCUT2D eigenvalue weighted by Crippen LogP contribution is 2.07. The first-order valence-corrected chi connectivity index (χ1v) is 5.33. The summed E-state index contributed by atoms with van der Waals surface area (Å²) >= 11 is 0. The van der Waals surface area contributed by atoms with Gasteiger partial charge in [-0.05, 0) is 23.6 Å². The topological polar surface area (TPSA) is 33.0 Å². The molecule has 0 aliphatic heterocycles. The van der Waals surface area contributed by atoms with E-state index in [9.17, 15) is 0 Å². The molecule has 0 saturated heterocycles. The lowest BCUT2D eigenvalue weighted by molar-refractivity contribution is 0.0910. The Morgan fingerprint density at radius 2 is 2.27 bits per heavy atom. The van der Waals surface area contributed by atoms with E-state index in [-0.39, 0.29) is 0 Å². The maximum absolute atomic E-state index is 8.72. The highest BCUT2D eigenvalue weighted by Gasteiger charge is 1.99. The average Bonchev–Trinajstić information content (AvgIpc) is 2.29. The van der Waals surface area contributed by atoms with Gasteiger partial charge in [0.05, 0.1) is 18.2 Å². The summed E-state index contributed by atoms with van der Waals surface area (Å²) in [5.41, 5.74) is 1.76. The van der Waals surface area contributed by atoms with E-state index >= 15 is 0 Å². The summed E-state index contributed by atoms with van der Waals surface area (Å²) in [6, 6.07) is 9.67. The van der Waals surface area contributed by atoms with Gasteiger partial charge in [0, 0.05) is 6.61 Å². The van der Waals surface area contributed by atoms with Crippen molar-refractivity contribution in [2.45, 2.75) is 26.9 Å².